The molecule has 0 fully saturated rings. The van der Waals surface area contributed by atoms with E-state index >= 15 is 0 Å². The first kappa shape index (κ1) is 21.1. The summed E-state index contributed by atoms with van der Waals surface area (Å²) in [4.78, 5) is 41.9. The summed E-state index contributed by atoms with van der Waals surface area (Å²) in [6.45, 7) is 5.07. The van der Waals surface area contributed by atoms with E-state index in [4.69, 9.17) is 16.3 Å². The van der Waals surface area contributed by atoms with Crippen LogP contribution in [-0.4, -0.2) is 42.8 Å². The number of hydrogen-bond acceptors (Lipinski definition) is 5. The minimum atomic E-state index is -0.541. The minimum Gasteiger partial charge on any atom is -0.385 e. The van der Waals surface area contributed by atoms with Crippen LogP contribution in [0.15, 0.2) is 15.7 Å². The van der Waals surface area contributed by atoms with E-state index in [1.807, 2.05) is 19.9 Å². The minimum absolute atomic E-state index is 0.0134. The summed E-state index contributed by atoms with van der Waals surface area (Å²) < 4.78 is 10.7. The lowest BCUT2D eigenvalue weighted by Crippen LogP contribution is -2.37. The number of ketones is 1. The highest BCUT2D eigenvalue weighted by Crippen LogP contribution is 2.20. The van der Waals surface area contributed by atoms with Gasteiger partial charge in [0, 0.05) is 51.3 Å². The van der Waals surface area contributed by atoms with Gasteiger partial charge in [-0.05, 0) is 37.9 Å². The van der Waals surface area contributed by atoms with Crippen molar-refractivity contribution in [1.82, 2.24) is 23.3 Å². The maximum atomic E-state index is 13.0. The summed E-state index contributed by atoms with van der Waals surface area (Å²) in [5, 5.41) is -0.0134. The van der Waals surface area contributed by atoms with Crippen LogP contribution in [0.3, 0.4) is 0 Å². The Morgan fingerprint density at radius 3 is 2.52 bits per heavy atom. The lowest BCUT2D eigenvalue weighted by atomic mass is 10.1. The summed E-state index contributed by atoms with van der Waals surface area (Å²) in [6.07, 6.45) is 0.836. The van der Waals surface area contributed by atoms with E-state index in [1.54, 1.807) is 7.11 Å². The quantitative estimate of drug-likeness (QED) is 0.327. The van der Waals surface area contributed by atoms with Crippen molar-refractivity contribution >= 4 is 28.5 Å². The Balaban J connectivity index is 2.02. The van der Waals surface area contributed by atoms with Crippen molar-refractivity contribution in [3.05, 3.63) is 49.1 Å². The van der Waals surface area contributed by atoms with Gasteiger partial charge in [-0.15, -0.1) is 0 Å². The zero-order chi connectivity index (χ0) is 21.5. The van der Waals surface area contributed by atoms with Crippen LogP contribution in [0.25, 0.3) is 11.2 Å². The van der Waals surface area contributed by atoms with Crippen LogP contribution >= 0.6 is 11.6 Å². The molecule has 29 heavy (non-hydrogen) atoms. The fraction of sp³-hybridized carbons (Fsp3) is 0.474. The van der Waals surface area contributed by atoms with E-state index < -0.39 is 11.2 Å². The highest BCUT2D eigenvalue weighted by atomic mass is 35.5. The molecule has 0 radical (unpaired) electrons. The molecular formula is C19H24ClN5O4. The number of ether oxygens (including phenoxy) is 1. The first-order chi connectivity index (χ1) is 13.7. The zero-order valence-electron chi connectivity index (χ0n) is 17.2. The summed E-state index contributed by atoms with van der Waals surface area (Å²) in [5.74, 6) is -0.187. The van der Waals surface area contributed by atoms with E-state index in [1.165, 1.54) is 23.2 Å². The molecule has 0 atom stereocenters. The molecule has 0 spiro atoms. The second-order valence-electron chi connectivity index (χ2n) is 7.05. The van der Waals surface area contributed by atoms with E-state index in [0.717, 1.165) is 28.9 Å². The van der Waals surface area contributed by atoms with Crippen molar-refractivity contribution in [3.8, 4) is 0 Å². The van der Waals surface area contributed by atoms with Gasteiger partial charge in [-0.25, -0.2) is 4.79 Å². The lowest BCUT2D eigenvalue weighted by molar-refractivity contribution is 0.0972. The molecule has 3 aromatic rings. The maximum Gasteiger partial charge on any atom is 0.332 e. The molecule has 0 saturated carbocycles. The normalized spacial score (nSPS) is 11.5. The van der Waals surface area contributed by atoms with Gasteiger partial charge in [-0.1, -0.05) is 0 Å². The molecule has 156 valence electrons. The van der Waals surface area contributed by atoms with E-state index in [9.17, 15) is 14.4 Å². The number of fused-ring (bicyclic) bond motifs is 1. The summed E-state index contributed by atoms with van der Waals surface area (Å²) in [7, 11) is 4.54. The average molecular weight is 422 g/mol. The molecule has 0 N–H and O–H groups in total. The first-order valence-corrected chi connectivity index (χ1v) is 9.57. The Bertz CT molecular complexity index is 1210. The van der Waals surface area contributed by atoms with Crippen molar-refractivity contribution < 1.29 is 9.53 Å². The Hall–Kier alpha value is -2.65. The molecule has 3 rings (SSSR count). The number of rotatable bonds is 7. The monoisotopic (exact) mass is 421 g/mol. The van der Waals surface area contributed by atoms with Gasteiger partial charge in [0.25, 0.3) is 5.56 Å². The SMILES string of the molecule is COCCCn1c(C)cc(C(=O)Cn2c(Cl)nc3c2c(=O)n(C)c(=O)n3C)c1C. The van der Waals surface area contributed by atoms with Crippen LogP contribution in [0.4, 0.5) is 0 Å². The number of imidazole rings is 1. The topological polar surface area (TPSA) is 93.1 Å². The van der Waals surface area contributed by atoms with Crippen LogP contribution in [0.2, 0.25) is 5.28 Å². The Kier molecular flexibility index (Phi) is 5.81. The van der Waals surface area contributed by atoms with Crippen molar-refractivity contribution in [2.45, 2.75) is 33.4 Å². The standard InChI is InChI=1S/C19H24ClN5O4/c1-11-9-13(12(2)24(11)7-6-8-29-5)14(26)10-25-15-16(21-18(25)20)22(3)19(28)23(4)17(15)27/h9H,6-8,10H2,1-5H3. The second kappa shape index (κ2) is 8.00. The van der Waals surface area contributed by atoms with Crippen molar-refractivity contribution in [3.63, 3.8) is 0 Å². The molecular weight excluding hydrogens is 398 g/mol. The van der Waals surface area contributed by atoms with E-state index in [0.29, 0.717) is 12.2 Å². The van der Waals surface area contributed by atoms with Gasteiger partial charge in [0.15, 0.2) is 16.9 Å². The molecule has 0 saturated heterocycles. The third kappa shape index (κ3) is 3.56. The summed E-state index contributed by atoms with van der Waals surface area (Å²) >= 11 is 6.23. The average Bonchev–Trinajstić information content (AvgIpc) is 3.16. The van der Waals surface area contributed by atoms with Gasteiger partial charge in [-0.2, -0.15) is 4.98 Å². The third-order valence-electron chi connectivity index (χ3n) is 5.21. The summed E-state index contributed by atoms with van der Waals surface area (Å²) in [6, 6.07) is 1.84. The maximum absolute atomic E-state index is 13.0. The number of carbonyl (C=O) groups excluding carboxylic acids is 1. The van der Waals surface area contributed by atoms with Gasteiger partial charge in [0.05, 0.1) is 6.54 Å². The number of Topliss-reactive ketones (excluding diaryl/α,β-unsaturated/α-hetero) is 1. The number of aromatic nitrogens is 5. The van der Waals surface area contributed by atoms with Gasteiger partial charge in [0.2, 0.25) is 5.28 Å². The molecule has 0 aliphatic rings. The van der Waals surface area contributed by atoms with Crippen LogP contribution < -0.4 is 11.2 Å². The Morgan fingerprint density at radius 1 is 1.17 bits per heavy atom. The molecule has 0 unspecified atom stereocenters. The number of carbonyl (C=O) groups is 1. The van der Waals surface area contributed by atoms with E-state index in [-0.39, 0.29) is 28.8 Å². The molecule has 3 aromatic heterocycles. The number of nitrogens with zero attached hydrogens (tertiary/aromatic N) is 5. The molecule has 9 nitrogen and oxygen atoms in total. The Labute approximate surface area is 172 Å². The molecule has 0 aromatic carbocycles. The smallest absolute Gasteiger partial charge is 0.332 e. The van der Waals surface area contributed by atoms with Crippen LogP contribution in [-0.2, 0) is 31.9 Å². The predicted molar refractivity (Wildman–Crippen MR) is 110 cm³/mol. The van der Waals surface area contributed by atoms with Gasteiger partial charge >= 0.3 is 5.69 Å². The Morgan fingerprint density at radius 2 is 1.86 bits per heavy atom. The summed E-state index contributed by atoms with van der Waals surface area (Å²) in [5.41, 5.74) is 1.63. The van der Waals surface area contributed by atoms with Crippen LogP contribution in [0.1, 0.15) is 28.2 Å². The van der Waals surface area contributed by atoms with Gasteiger partial charge in [-0.3, -0.25) is 18.7 Å². The highest BCUT2D eigenvalue weighted by Gasteiger charge is 2.22. The van der Waals surface area contributed by atoms with Crippen molar-refractivity contribution in [2.24, 2.45) is 14.1 Å². The van der Waals surface area contributed by atoms with Crippen LogP contribution in [0.5, 0.6) is 0 Å². The molecule has 3 heterocycles. The fourth-order valence-electron chi connectivity index (χ4n) is 3.59. The predicted octanol–water partition coefficient (Wildman–Crippen LogP) is 1.42. The van der Waals surface area contributed by atoms with Crippen molar-refractivity contribution in [2.75, 3.05) is 13.7 Å². The highest BCUT2D eigenvalue weighted by molar-refractivity contribution is 6.29. The number of halogens is 1. The first-order valence-electron chi connectivity index (χ1n) is 9.19. The molecule has 0 amide bonds. The molecule has 0 bridgehead atoms. The third-order valence-corrected chi connectivity index (χ3v) is 5.50. The fourth-order valence-corrected chi connectivity index (χ4v) is 3.81. The largest absolute Gasteiger partial charge is 0.385 e. The van der Waals surface area contributed by atoms with E-state index in [2.05, 4.69) is 9.55 Å². The number of aryl methyl sites for hydroxylation is 2. The number of hydrogen-bond donors (Lipinski definition) is 0. The zero-order valence-corrected chi connectivity index (χ0v) is 17.9. The molecule has 0 aliphatic heterocycles. The second-order valence-corrected chi connectivity index (χ2v) is 7.39. The molecule has 10 heteroatoms. The van der Waals surface area contributed by atoms with Gasteiger partial charge in [0.1, 0.15) is 0 Å². The number of methoxy groups -OCH3 is 1. The lowest BCUT2D eigenvalue weighted by Gasteiger charge is -2.10. The van der Waals surface area contributed by atoms with Gasteiger partial charge < -0.3 is 13.9 Å². The van der Waals surface area contributed by atoms with Crippen molar-refractivity contribution in [1.29, 1.82) is 0 Å². The molecule has 0 aliphatic carbocycles. The van der Waals surface area contributed by atoms with Crippen LogP contribution in [0, 0.1) is 13.8 Å².